The van der Waals surface area contributed by atoms with Gasteiger partial charge in [0.05, 0.1) is 5.66 Å². The minimum absolute atomic E-state index is 0.398. The fourth-order valence-electron chi connectivity index (χ4n) is 3.61. The van der Waals surface area contributed by atoms with Crippen molar-refractivity contribution in [1.82, 2.24) is 10.9 Å². The van der Waals surface area contributed by atoms with Crippen LogP contribution in [0.15, 0.2) is 0 Å². The zero-order valence-electron chi connectivity index (χ0n) is 8.36. The largest absolute Gasteiger partial charge is 0.235 e. The van der Waals surface area contributed by atoms with Gasteiger partial charge in [0.1, 0.15) is 0 Å². The van der Waals surface area contributed by atoms with Gasteiger partial charge in [0.15, 0.2) is 0 Å². The third kappa shape index (κ3) is 1.40. The van der Waals surface area contributed by atoms with Gasteiger partial charge in [-0.25, -0.2) is 10.9 Å². The van der Waals surface area contributed by atoms with Crippen molar-refractivity contribution in [2.24, 2.45) is 5.41 Å². The smallest absolute Gasteiger partial charge is 0.0948 e. The Morgan fingerprint density at radius 3 is 2.08 bits per heavy atom. The predicted molar refractivity (Wildman–Crippen MR) is 53.0 cm³/mol. The van der Waals surface area contributed by atoms with E-state index in [9.17, 15) is 0 Å². The molecule has 0 unspecified atom stereocenters. The number of hydrogen-bond donors (Lipinski definition) is 2. The van der Waals surface area contributed by atoms with Crippen LogP contribution in [-0.2, 0) is 0 Å². The first-order chi connectivity index (χ1) is 6.33. The molecule has 2 spiro atoms. The number of nitrogens with one attached hydrogen (secondary N) is 2. The third-order valence-corrected chi connectivity index (χ3v) is 4.38. The second-order valence-electron chi connectivity index (χ2n) is 5.42. The van der Waals surface area contributed by atoms with Gasteiger partial charge >= 0.3 is 0 Å². The van der Waals surface area contributed by atoms with Crippen LogP contribution in [0.1, 0.15) is 57.8 Å². The topological polar surface area (TPSA) is 43.9 Å². The van der Waals surface area contributed by atoms with Crippen LogP contribution in [0, 0.1) is 5.41 Å². The van der Waals surface area contributed by atoms with Gasteiger partial charge in [0, 0.05) is 0 Å². The normalized spacial score (nSPS) is 35.1. The maximum Gasteiger partial charge on any atom is 0.0948 e. The van der Waals surface area contributed by atoms with E-state index >= 15 is 0 Å². The highest BCUT2D eigenvalue weighted by molar-refractivity contribution is 5.04. The molecule has 3 aliphatic rings. The molecule has 0 amide bonds. The van der Waals surface area contributed by atoms with Gasteiger partial charge in [-0.3, -0.25) is 0 Å². The highest BCUT2D eigenvalue weighted by Crippen LogP contribution is 2.51. The molecule has 2 N–H and O–H groups in total. The van der Waals surface area contributed by atoms with Crippen molar-refractivity contribution in [1.29, 1.82) is 0 Å². The maximum atomic E-state index is 3.37. The first-order valence-electron chi connectivity index (χ1n) is 5.87. The molecular weight excluding hydrogens is 160 g/mol. The molecular formula is C11H20N2. The average molecular weight is 180 g/mol. The molecule has 3 fully saturated rings. The molecule has 2 saturated carbocycles. The Hall–Kier alpha value is -0.0800. The summed E-state index contributed by atoms with van der Waals surface area (Å²) in [5, 5.41) is 0. The monoisotopic (exact) mass is 180 g/mol. The molecule has 1 aliphatic heterocycles. The lowest BCUT2D eigenvalue weighted by atomic mass is 9.63. The van der Waals surface area contributed by atoms with Gasteiger partial charge in [-0.1, -0.05) is 19.3 Å². The van der Waals surface area contributed by atoms with E-state index in [1.807, 2.05) is 0 Å². The summed E-state index contributed by atoms with van der Waals surface area (Å²) in [5.74, 6) is 0. The van der Waals surface area contributed by atoms with Crippen LogP contribution in [0.4, 0.5) is 0 Å². The number of rotatable bonds is 0. The van der Waals surface area contributed by atoms with E-state index in [1.165, 1.54) is 57.8 Å². The molecule has 0 atom stereocenters. The maximum absolute atomic E-state index is 3.37. The predicted octanol–water partition coefficient (Wildman–Crippen LogP) is 2.31. The minimum atomic E-state index is 0.398. The molecule has 0 radical (unpaired) electrons. The Kier molecular flexibility index (Phi) is 1.72. The van der Waals surface area contributed by atoms with Crippen molar-refractivity contribution in [2.75, 3.05) is 0 Å². The molecule has 2 aliphatic carbocycles. The Bertz CT molecular complexity index is 197. The summed E-state index contributed by atoms with van der Waals surface area (Å²) in [6, 6.07) is 0. The standard InChI is InChI=1S/C11H20N2/c1-2-5-10(6-3-1)7-4-8-11(9-10)12-13-11/h12-13H,1-9H2. The summed E-state index contributed by atoms with van der Waals surface area (Å²) < 4.78 is 0. The van der Waals surface area contributed by atoms with E-state index in [0.717, 1.165) is 5.41 Å². The lowest BCUT2D eigenvalue weighted by Gasteiger charge is -2.43. The third-order valence-electron chi connectivity index (χ3n) is 4.38. The van der Waals surface area contributed by atoms with Gasteiger partial charge in [0.25, 0.3) is 0 Å². The van der Waals surface area contributed by atoms with E-state index in [-0.39, 0.29) is 0 Å². The zero-order valence-corrected chi connectivity index (χ0v) is 8.36. The van der Waals surface area contributed by atoms with Gasteiger partial charge < -0.3 is 0 Å². The van der Waals surface area contributed by atoms with Crippen molar-refractivity contribution < 1.29 is 0 Å². The molecule has 0 bridgehead atoms. The van der Waals surface area contributed by atoms with Gasteiger partial charge in [-0.15, -0.1) is 0 Å². The highest BCUT2D eigenvalue weighted by atomic mass is 15.7. The van der Waals surface area contributed by atoms with Gasteiger partial charge in [-0.05, 0) is 43.9 Å². The second-order valence-corrected chi connectivity index (χ2v) is 5.42. The van der Waals surface area contributed by atoms with Crippen molar-refractivity contribution in [2.45, 2.75) is 63.5 Å². The van der Waals surface area contributed by atoms with E-state index in [2.05, 4.69) is 10.9 Å². The van der Waals surface area contributed by atoms with Gasteiger partial charge in [0.2, 0.25) is 0 Å². The molecule has 13 heavy (non-hydrogen) atoms. The summed E-state index contributed by atoms with van der Waals surface area (Å²) in [7, 11) is 0. The van der Waals surface area contributed by atoms with Crippen molar-refractivity contribution >= 4 is 0 Å². The summed E-state index contributed by atoms with van der Waals surface area (Å²) in [5.41, 5.74) is 7.87. The van der Waals surface area contributed by atoms with E-state index in [1.54, 1.807) is 0 Å². The number of hydrogen-bond acceptors (Lipinski definition) is 2. The summed E-state index contributed by atoms with van der Waals surface area (Å²) in [6.45, 7) is 0. The van der Waals surface area contributed by atoms with Crippen LogP contribution in [-0.4, -0.2) is 5.66 Å². The average Bonchev–Trinajstić information content (AvgIpc) is 2.86. The minimum Gasteiger partial charge on any atom is -0.235 e. The fourth-order valence-corrected chi connectivity index (χ4v) is 3.61. The quantitative estimate of drug-likeness (QED) is 0.562. The number of hydrazine groups is 1. The summed E-state index contributed by atoms with van der Waals surface area (Å²) in [6.07, 6.45) is 13.1. The molecule has 74 valence electrons. The first-order valence-corrected chi connectivity index (χ1v) is 5.87. The Morgan fingerprint density at radius 2 is 1.38 bits per heavy atom. The van der Waals surface area contributed by atoms with E-state index in [4.69, 9.17) is 0 Å². The molecule has 2 heteroatoms. The first kappa shape index (κ1) is 8.25. The molecule has 0 aromatic heterocycles. The van der Waals surface area contributed by atoms with Crippen LogP contribution in [0.5, 0.6) is 0 Å². The lowest BCUT2D eigenvalue weighted by Crippen LogP contribution is -2.37. The van der Waals surface area contributed by atoms with Crippen LogP contribution < -0.4 is 10.9 Å². The van der Waals surface area contributed by atoms with Crippen molar-refractivity contribution in [3.8, 4) is 0 Å². The van der Waals surface area contributed by atoms with Crippen molar-refractivity contribution in [3.05, 3.63) is 0 Å². The van der Waals surface area contributed by atoms with E-state index < -0.39 is 0 Å². The van der Waals surface area contributed by atoms with Gasteiger partial charge in [-0.2, -0.15) is 0 Å². The fraction of sp³-hybridized carbons (Fsp3) is 1.00. The molecule has 0 aromatic carbocycles. The Labute approximate surface area is 80.4 Å². The zero-order chi connectivity index (χ0) is 8.78. The highest BCUT2D eigenvalue weighted by Gasteiger charge is 2.51. The second kappa shape index (κ2) is 2.71. The molecule has 0 aromatic rings. The molecule has 3 rings (SSSR count). The van der Waals surface area contributed by atoms with E-state index in [0.29, 0.717) is 5.66 Å². The van der Waals surface area contributed by atoms with Crippen LogP contribution in [0.2, 0.25) is 0 Å². The summed E-state index contributed by atoms with van der Waals surface area (Å²) >= 11 is 0. The SMILES string of the molecule is C1CCC2(CC1)CCCC1(C2)NN1. The van der Waals surface area contributed by atoms with Crippen LogP contribution >= 0.6 is 0 Å². The van der Waals surface area contributed by atoms with Crippen molar-refractivity contribution in [3.63, 3.8) is 0 Å². The Morgan fingerprint density at radius 1 is 0.692 bits per heavy atom. The Balaban J connectivity index is 1.74. The lowest BCUT2D eigenvalue weighted by molar-refractivity contribution is 0.0989. The van der Waals surface area contributed by atoms with Crippen LogP contribution in [0.25, 0.3) is 0 Å². The van der Waals surface area contributed by atoms with Crippen LogP contribution in [0.3, 0.4) is 0 Å². The molecule has 2 nitrogen and oxygen atoms in total. The molecule has 1 saturated heterocycles. The molecule has 1 heterocycles. The summed E-state index contributed by atoms with van der Waals surface area (Å²) in [4.78, 5) is 0.